The highest BCUT2D eigenvalue weighted by molar-refractivity contribution is 5.94. The van der Waals surface area contributed by atoms with E-state index in [4.69, 9.17) is 5.73 Å². The predicted molar refractivity (Wildman–Crippen MR) is 94.6 cm³/mol. The molecule has 5 nitrogen and oxygen atoms in total. The van der Waals surface area contributed by atoms with E-state index >= 15 is 0 Å². The normalized spacial score (nSPS) is 11.3. The first-order valence-corrected chi connectivity index (χ1v) is 6.72. The quantitative estimate of drug-likeness (QED) is 0.778. The number of amides is 1. The first-order valence-electron chi connectivity index (χ1n) is 6.72. The van der Waals surface area contributed by atoms with Gasteiger partial charge in [-0.3, -0.25) is 4.79 Å². The van der Waals surface area contributed by atoms with Crippen LogP contribution in [0.25, 0.3) is 11.4 Å². The fraction of sp³-hybridized carbons (Fsp3) is 0.333. The molecule has 0 radical (unpaired) electrons. The molecule has 2 rings (SSSR count). The van der Waals surface area contributed by atoms with Gasteiger partial charge in [0.05, 0.1) is 6.04 Å². The summed E-state index contributed by atoms with van der Waals surface area (Å²) in [6, 6.07) is 7.03. The van der Waals surface area contributed by atoms with E-state index in [2.05, 4.69) is 15.3 Å². The summed E-state index contributed by atoms with van der Waals surface area (Å²) in [5.41, 5.74) is 7.56. The number of halogens is 2. The van der Waals surface area contributed by atoms with E-state index in [1.165, 1.54) is 0 Å². The molecule has 2 aromatic rings. The summed E-state index contributed by atoms with van der Waals surface area (Å²) in [6.45, 7) is 4.09. The van der Waals surface area contributed by atoms with Gasteiger partial charge >= 0.3 is 0 Å². The van der Waals surface area contributed by atoms with E-state index in [9.17, 15) is 4.79 Å². The second-order valence-electron chi connectivity index (χ2n) is 5.24. The van der Waals surface area contributed by atoms with Crippen LogP contribution in [0.5, 0.6) is 0 Å². The van der Waals surface area contributed by atoms with Crippen molar-refractivity contribution in [3.8, 4) is 11.4 Å². The van der Waals surface area contributed by atoms with Crippen LogP contribution < -0.4 is 11.1 Å². The molecule has 22 heavy (non-hydrogen) atoms. The topological polar surface area (TPSA) is 83.8 Å². The van der Waals surface area contributed by atoms with Crippen LogP contribution in [-0.2, 0) is 4.79 Å². The summed E-state index contributed by atoms with van der Waals surface area (Å²) in [5.74, 6) is 1.06. The Hall–Kier alpha value is -1.56. The number of nitrogens with one attached hydrogen (secondary N) is 2. The van der Waals surface area contributed by atoms with Crippen LogP contribution in [0.15, 0.2) is 36.7 Å². The lowest BCUT2D eigenvalue weighted by Crippen LogP contribution is -2.36. The van der Waals surface area contributed by atoms with Gasteiger partial charge in [0.15, 0.2) is 0 Å². The molecule has 1 heterocycles. The van der Waals surface area contributed by atoms with Crippen molar-refractivity contribution in [3.05, 3.63) is 36.7 Å². The van der Waals surface area contributed by atoms with Gasteiger partial charge in [-0.05, 0) is 36.6 Å². The van der Waals surface area contributed by atoms with Crippen molar-refractivity contribution in [2.45, 2.75) is 26.3 Å². The minimum absolute atomic E-state index is 0. The van der Waals surface area contributed by atoms with E-state index in [1.54, 1.807) is 12.4 Å². The zero-order valence-electron chi connectivity index (χ0n) is 12.6. The average molecular weight is 345 g/mol. The molecule has 1 aromatic heterocycles. The first-order chi connectivity index (χ1) is 9.56. The van der Waals surface area contributed by atoms with Crippen LogP contribution in [0.2, 0.25) is 0 Å². The second-order valence-corrected chi connectivity index (χ2v) is 5.24. The van der Waals surface area contributed by atoms with E-state index < -0.39 is 6.04 Å². The van der Waals surface area contributed by atoms with Crippen LogP contribution >= 0.6 is 24.8 Å². The Balaban J connectivity index is 0.00000220. The monoisotopic (exact) mass is 344 g/mol. The number of carbonyl (C=O) groups excluding carboxylic acids is 1. The van der Waals surface area contributed by atoms with Gasteiger partial charge in [0, 0.05) is 23.6 Å². The molecule has 7 heteroatoms. The number of rotatable bonds is 5. The number of carbonyl (C=O) groups is 1. The van der Waals surface area contributed by atoms with Crippen molar-refractivity contribution in [1.82, 2.24) is 9.97 Å². The third-order valence-electron chi connectivity index (χ3n) is 2.99. The molecule has 0 fully saturated rings. The molecule has 1 atom stereocenters. The number of nitrogens with zero attached hydrogens (tertiary/aromatic N) is 1. The summed E-state index contributed by atoms with van der Waals surface area (Å²) >= 11 is 0. The van der Waals surface area contributed by atoms with E-state index in [1.807, 2.05) is 38.1 Å². The third-order valence-corrected chi connectivity index (χ3v) is 2.99. The Morgan fingerprint density at radius 1 is 1.27 bits per heavy atom. The number of hydrogen-bond acceptors (Lipinski definition) is 3. The lowest BCUT2D eigenvalue weighted by atomic mass is 10.0. The van der Waals surface area contributed by atoms with Gasteiger partial charge in [-0.15, -0.1) is 24.8 Å². The van der Waals surface area contributed by atoms with Gasteiger partial charge in [0.25, 0.3) is 0 Å². The van der Waals surface area contributed by atoms with Gasteiger partial charge in [0.1, 0.15) is 5.82 Å². The number of imidazole rings is 1. The van der Waals surface area contributed by atoms with Gasteiger partial charge in [0.2, 0.25) is 5.91 Å². The number of hydrogen-bond donors (Lipinski definition) is 3. The fourth-order valence-electron chi connectivity index (χ4n) is 1.98. The molecule has 0 bridgehead atoms. The minimum atomic E-state index is -0.472. The Morgan fingerprint density at radius 3 is 2.41 bits per heavy atom. The summed E-state index contributed by atoms with van der Waals surface area (Å²) in [5, 5.41) is 2.83. The maximum absolute atomic E-state index is 11.9. The summed E-state index contributed by atoms with van der Waals surface area (Å²) < 4.78 is 0. The van der Waals surface area contributed by atoms with Crippen molar-refractivity contribution < 1.29 is 4.79 Å². The fourth-order valence-corrected chi connectivity index (χ4v) is 1.98. The van der Waals surface area contributed by atoms with Crippen molar-refractivity contribution in [2.75, 3.05) is 5.32 Å². The molecular formula is C15H22Cl2N4O. The maximum Gasteiger partial charge on any atom is 0.241 e. The van der Waals surface area contributed by atoms with Crippen molar-refractivity contribution in [3.63, 3.8) is 0 Å². The number of H-pyrrole nitrogens is 1. The standard InChI is InChI=1S/C15H20N4O.2ClH/c1-10(2)9-13(16)15(20)19-12-5-3-11(4-6-12)14-17-7-8-18-14;;/h3-8,10,13H,9,16H2,1-2H3,(H,17,18)(H,19,20);2*1H/t13-;;/m0../s1. The molecule has 4 N–H and O–H groups in total. The zero-order valence-corrected chi connectivity index (χ0v) is 14.2. The van der Waals surface area contributed by atoms with E-state index in [-0.39, 0.29) is 30.7 Å². The number of anilines is 1. The van der Waals surface area contributed by atoms with E-state index in [0.717, 1.165) is 17.1 Å². The van der Waals surface area contributed by atoms with Crippen LogP contribution in [0, 0.1) is 5.92 Å². The summed E-state index contributed by atoms with van der Waals surface area (Å²) in [4.78, 5) is 19.1. The van der Waals surface area contributed by atoms with E-state index in [0.29, 0.717) is 12.3 Å². The zero-order chi connectivity index (χ0) is 14.5. The SMILES string of the molecule is CC(C)C[C@H](N)C(=O)Nc1ccc(-c2ncc[nH]2)cc1.Cl.Cl. The Kier molecular flexibility index (Phi) is 8.79. The Labute approximate surface area is 142 Å². The smallest absolute Gasteiger partial charge is 0.241 e. The van der Waals surface area contributed by atoms with Crippen molar-refractivity contribution in [2.24, 2.45) is 11.7 Å². The molecule has 0 aliphatic heterocycles. The van der Waals surface area contributed by atoms with Crippen LogP contribution in [0.3, 0.4) is 0 Å². The molecule has 0 aliphatic rings. The average Bonchev–Trinajstić information content (AvgIpc) is 2.92. The van der Waals surface area contributed by atoms with Crippen LogP contribution in [-0.4, -0.2) is 21.9 Å². The molecule has 122 valence electrons. The molecule has 0 saturated heterocycles. The molecule has 0 unspecified atom stereocenters. The largest absolute Gasteiger partial charge is 0.345 e. The van der Waals surface area contributed by atoms with Gasteiger partial charge in [-0.2, -0.15) is 0 Å². The number of aromatic nitrogens is 2. The van der Waals surface area contributed by atoms with Crippen LogP contribution in [0.1, 0.15) is 20.3 Å². The molecule has 0 saturated carbocycles. The molecular weight excluding hydrogens is 323 g/mol. The molecule has 1 amide bonds. The van der Waals surface area contributed by atoms with Crippen molar-refractivity contribution in [1.29, 1.82) is 0 Å². The number of nitrogens with two attached hydrogens (primary N) is 1. The van der Waals surface area contributed by atoms with Gasteiger partial charge in [-0.1, -0.05) is 13.8 Å². The summed E-state index contributed by atoms with van der Waals surface area (Å²) in [7, 11) is 0. The van der Waals surface area contributed by atoms with Crippen LogP contribution in [0.4, 0.5) is 5.69 Å². The van der Waals surface area contributed by atoms with Gasteiger partial charge < -0.3 is 16.0 Å². The minimum Gasteiger partial charge on any atom is -0.345 e. The van der Waals surface area contributed by atoms with Crippen molar-refractivity contribution >= 4 is 36.4 Å². The van der Waals surface area contributed by atoms with Gasteiger partial charge in [-0.25, -0.2) is 4.98 Å². The summed E-state index contributed by atoms with van der Waals surface area (Å²) in [6.07, 6.45) is 4.15. The Morgan fingerprint density at radius 2 is 1.91 bits per heavy atom. The lowest BCUT2D eigenvalue weighted by molar-refractivity contribution is -0.117. The molecule has 0 aliphatic carbocycles. The first kappa shape index (κ1) is 20.4. The number of aromatic amines is 1. The lowest BCUT2D eigenvalue weighted by Gasteiger charge is -2.14. The maximum atomic E-state index is 11.9. The third kappa shape index (κ3) is 5.67. The highest BCUT2D eigenvalue weighted by atomic mass is 35.5. The molecule has 0 spiro atoms. The predicted octanol–water partition coefficient (Wildman–Crippen LogP) is 3.23. The highest BCUT2D eigenvalue weighted by Gasteiger charge is 2.14. The second kappa shape index (κ2) is 9.46. The molecule has 1 aromatic carbocycles. The highest BCUT2D eigenvalue weighted by Crippen LogP contribution is 2.18. The number of benzene rings is 1. The Bertz CT molecular complexity index is 555.